The minimum absolute atomic E-state index is 0.106. The van der Waals surface area contributed by atoms with Crippen LogP contribution in [0.5, 0.6) is 5.75 Å². The number of rotatable bonds is 14. The molecule has 7 nitrogen and oxygen atoms in total. The van der Waals surface area contributed by atoms with E-state index < -0.39 is 5.41 Å². The van der Waals surface area contributed by atoms with Gasteiger partial charge in [-0.25, -0.2) is 0 Å². The molecule has 3 aromatic carbocycles. The molecule has 0 unspecified atom stereocenters. The Bertz CT molecular complexity index is 1380. The molecule has 41 heavy (non-hydrogen) atoms. The molecule has 0 radical (unpaired) electrons. The standard InChI is InChI=1S/C34H41N3O4/c1-6-34(2,3)33(38)40-24-10-8-7-9-23-39-30-21-17-26(18-22-30)25-11-13-27(14-12-25)31-35-36-32(41-31)28-15-19-29(20-16-28)37(4)5/h11-22H,6-10,23-24H2,1-5H3. The van der Waals surface area contributed by atoms with Gasteiger partial charge in [-0.1, -0.05) is 31.2 Å². The summed E-state index contributed by atoms with van der Waals surface area (Å²) in [5.41, 5.74) is 4.69. The fourth-order valence-corrected chi connectivity index (χ4v) is 4.16. The second-order valence-electron chi connectivity index (χ2n) is 11.1. The zero-order chi connectivity index (χ0) is 29.2. The van der Waals surface area contributed by atoms with E-state index in [2.05, 4.69) is 34.5 Å². The highest BCUT2D eigenvalue weighted by Crippen LogP contribution is 2.28. The number of hydrogen-bond donors (Lipinski definition) is 0. The summed E-state index contributed by atoms with van der Waals surface area (Å²) in [6.45, 7) is 7.02. The molecule has 0 saturated carbocycles. The fraction of sp³-hybridized carbons (Fsp3) is 0.382. The van der Waals surface area contributed by atoms with Crippen LogP contribution in [0.2, 0.25) is 0 Å². The second-order valence-corrected chi connectivity index (χ2v) is 11.1. The predicted molar refractivity (Wildman–Crippen MR) is 164 cm³/mol. The van der Waals surface area contributed by atoms with Crippen molar-refractivity contribution in [2.24, 2.45) is 5.41 Å². The van der Waals surface area contributed by atoms with Gasteiger partial charge >= 0.3 is 5.97 Å². The van der Waals surface area contributed by atoms with Crippen LogP contribution in [0.4, 0.5) is 5.69 Å². The van der Waals surface area contributed by atoms with E-state index in [-0.39, 0.29) is 5.97 Å². The number of esters is 1. The monoisotopic (exact) mass is 555 g/mol. The molecule has 0 saturated heterocycles. The molecule has 0 fully saturated rings. The third-order valence-electron chi connectivity index (χ3n) is 7.35. The summed E-state index contributed by atoms with van der Waals surface area (Å²) in [6.07, 6.45) is 4.71. The predicted octanol–water partition coefficient (Wildman–Crippen LogP) is 8.06. The summed E-state index contributed by atoms with van der Waals surface area (Å²) < 4.78 is 17.3. The van der Waals surface area contributed by atoms with E-state index in [1.807, 2.05) is 88.3 Å². The van der Waals surface area contributed by atoms with Crippen LogP contribution in [-0.2, 0) is 9.53 Å². The molecule has 0 aliphatic carbocycles. The molecule has 1 heterocycles. The van der Waals surface area contributed by atoms with Crippen molar-refractivity contribution in [3.8, 4) is 39.8 Å². The van der Waals surface area contributed by atoms with Gasteiger partial charge < -0.3 is 18.8 Å². The molecule has 0 N–H and O–H groups in total. The van der Waals surface area contributed by atoms with Crippen molar-refractivity contribution in [2.75, 3.05) is 32.2 Å². The van der Waals surface area contributed by atoms with Gasteiger partial charge in [0.05, 0.1) is 18.6 Å². The van der Waals surface area contributed by atoms with E-state index in [9.17, 15) is 4.79 Å². The van der Waals surface area contributed by atoms with Crippen molar-refractivity contribution >= 4 is 11.7 Å². The zero-order valence-electron chi connectivity index (χ0n) is 24.9. The topological polar surface area (TPSA) is 77.7 Å². The summed E-state index contributed by atoms with van der Waals surface area (Å²) >= 11 is 0. The van der Waals surface area contributed by atoms with Crippen molar-refractivity contribution in [1.29, 1.82) is 0 Å². The summed E-state index contributed by atoms with van der Waals surface area (Å²) in [7, 11) is 4.02. The Hall–Kier alpha value is -4.13. The molecule has 0 spiro atoms. The average molecular weight is 556 g/mol. The number of ether oxygens (including phenoxy) is 2. The van der Waals surface area contributed by atoms with Gasteiger partial charge in [0.2, 0.25) is 11.8 Å². The van der Waals surface area contributed by atoms with Gasteiger partial charge in [-0.3, -0.25) is 4.79 Å². The lowest BCUT2D eigenvalue weighted by Gasteiger charge is -2.20. The normalized spacial score (nSPS) is 11.3. The molecule has 1 aromatic heterocycles. The van der Waals surface area contributed by atoms with Crippen LogP contribution in [0.25, 0.3) is 34.0 Å². The van der Waals surface area contributed by atoms with E-state index in [1.54, 1.807) is 0 Å². The molecule has 0 aliphatic rings. The maximum absolute atomic E-state index is 12.0. The minimum Gasteiger partial charge on any atom is -0.494 e. The first-order chi connectivity index (χ1) is 19.8. The van der Waals surface area contributed by atoms with Crippen molar-refractivity contribution in [1.82, 2.24) is 10.2 Å². The number of hydrogen-bond acceptors (Lipinski definition) is 7. The lowest BCUT2D eigenvalue weighted by atomic mass is 9.91. The van der Waals surface area contributed by atoms with Gasteiger partial charge in [0.25, 0.3) is 0 Å². The highest BCUT2D eigenvalue weighted by molar-refractivity contribution is 5.75. The number of unbranched alkanes of at least 4 members (excludes halogenated alkanes) is 3. The first-order valence-corrected chi connectivity index (χ1v) is 14.4. The summed E-state index contributed by atoms with van der Waals surface area (Å²) in [5.74, 6) is 1.75. The Morgan fingerprint density at radius 2 is 1.22 bits per heavy atom. The molecular weight excluding hydrogens is 514 g/mol. The lowest BCUT2D eigenvalue weighted by molar-refractivity contribution is -0.154. The Labute approximate surface area is 243 Å². The number of carbonyl (C=O) groups is 1. The molecule has 0 aliphatic heterocycles. The van der Waals surface area contributed by atoms with Crippen molar-refractivity contribution < 1.29 is 18.7 Å². The third kappa shape index (κ3) is 8.19. The van der Waals surface area contributed by atoms with Crippen LogP contribution in [0.1, 0.15) is 52.9 Å². The second kappa shape index (κ2) is 14.0. The average Bonchev–Trinajstić information content (AvgIpc) is 3.49. The third-order valence-corrected chi connectivity index (χ3v) is 7.35. The molecule has 0 amide bonds. The van der Waals surface area contributed by atoms with Crippen LogP contribution in [0, 0.1) is 5.41 Å². The van der Waals surface area contributed by atoms with Gasteiger partial charge in [-0.2, -0.15) is 0 Å². The highest BCUT2D eigenvalue weighted by Gasteiger charge is 2.26. The number of aromatic nitrogens is 2. The number of benzene rings is 3. The minimum atomic E-state index is -0.396. The molecule has 216 valence electrons. The van der Waals surface area contributed by atoms with Gasteiger partial charge in [0.15, 0.2) is 0 Å². The summed E-state index contributed by atoms with van der Waals surface area (Å²) in [5, 5.41) is 8.48. The summed E-state index contributed by atoms with van der Waals surface area (Å²) in [4.78, 5) is 14.0. The van der Waals surface area contributed by atoms with E-state index in [0.29, 0.717) is 25.0 Å². The molecular formula is C34H41N3O4. The molecule has 0 atom stereocenters. The van der Waals surface area contributed by atoms with E-state index in [0.717, 1.165) is 65.8 Å². The SMILES string of the molecule is CCC(C)(C)C(=O)OCCCCCCOc1ccc(-c2ccc(-c3nnc(-c4ccc(N(C)C)cc4)o3)cc2)cc1. The van der Waals surface area contributed by atoms with Gasteiger partial charge in [0, 0.05) is 30.9 Å². The van der Waals surface area contributed by atoms with E-state index in [1.165, 1.54) is 0 Å². The lowest BCUT2D eigenvalue weighted by Crippen LogP contribution is -2.26. The van der Waals surface area contributed by atoms with Gasteiger partial charge in [-0.05, 0) is 106 Å². The van der Waals surface area contributed by atoms with Crippen LogP contribution >= 0.6 is 0 Å². The van der Waals surface area contributed by atoms with Gasteiger partial charge in [0.1, 0.15) is 5.75 Å². The smallest absolute Gasteiger partial charge is 0.311 e. The molecule has 4 rings (SSSR count). The first kappa shape index (κ1) is 29.8. The van der Waals surface area contributed by atoms with Gasteiger partial charge in [-0.15, -0.1) is 10.2 Å². The molecule has 0 bridgehead atoms. The maximum atomic E-state index is 12.0. The van der Waals surface area contributed by atoms with E-state index >= 15 is 0 Å². The molecule has 4 aromatic rings. The quantitative estimate of drug-likeness (QED) is 0.115. The van der Waals surface area contributed by atoms with E-state index in [4.69, 9.17) is 13.9 Å². The Kier molecular flexibility index (Phi) is 10.2. The largest absolute Gasteiger partial charge is 0.494 e. The number of carbonyl (C=O) groups excluding carboxylic acids is 1. The van der Waals surface area contributed by atoms with Crippen molar-refractivity contribution in [3.63, 3.8) is 0 Å². The summed E-state index contributed by atoms with van der Waals surface area (Å²) in [6, 6.07) is 24.3. The maximum Gasteiger partial charge on any atom is 0.311 e. The Balaban J connectivity index is 1.20. The van der Waals surface area contributed by atoms with Crippen molar-refractivity contribution in [2.45, 2.75) is 52.9 Å². The van der Waals surface area contributed by atoms with Crippen LogP contribution in [0.15, 0.2) is 77.2 Å². The van der Waals surface area contributed by atoms with Crippen molar-refractivity contribution in [3.05, 3.63) is 72.8 Å². The van der Waals surface area contributed by atoms with Crippen LogP contribution in [0.3, 0.4) is 0 Å². The Morgan fingerprint density at radius 1 is 0.732 bits per heavy atom. The zero-order valence-corrected chi connectivity index (χ0v) is 24.9. The first-order valence-electron chi connectivity index (χ1n) is 14.4. The van der Waals surface area contributed by atoms with Crippen LogP contribution < -0.4 is 9.64 Å². The molecule has 7 heteroatoms. The van der Waals surface area contributed by atoms with Crippen LogP contribution in [-0.4, -0.2) is 43.5 Å². The highest BCUT2D eigenvalue weighted by atomic mass is 16.5. The Morgan fingerprint density at radius 3 is 1.76 bits per heavy atom. The number of anilines is 1. The fourth-order valence-electron chi connectivity index (χ4n) is 4.16. The number of nitrogens with zero attached hydrogens (tertiary/aromatic N) is 3.